The van der Waals surface area contributed by atoms with Crippen LogP contribution in [0.15, 0.2) is 12.1 Å². The lowest BCUT2D eigenvalue weighted by molar-refractivity contribution is -0.140. The number of ether oxygens (including phenoxy) is 1. The number of halogens is 1. The van der Waals surface area contributed by atoms with Gasteiger partial charge < -0.3 is 10.1 Å². The highest BCUT2D eigenvalue weighted by atomic mass is 35.5. The van der Waals surface area contributed by atoms with Gasteiger partial charge in [-0.25, -0.2) is 0 Å². The maximum Gasteiger partial charge on any atom is 0.305 e. The Labute approximate surface area is 103 Å². The second kappa shape index (κ2) is 6.80. The minimum absolute atomic E-state index is 0.187. The standard InChI is InChI=1S/C10H12ClN3O3/c1-17-9(15)3-2-6-12-10(16)7-4-5-8(11)14-13-7/h4-5H,2-3,6H2,1H3,(H,12,16). The Hall–Kier alpha value is -1.69. The molecule has 0 aliphatic carbocycles. The highest BCUT2D eigenvalue weighted by Gasteiger charge is 2.07. The molecule has 1 N–H and O–H groups in total. The molecule has 0 spiro atoms. The van der Waals surface area contributed by atoms with Gasteiger partial charge in [-0.2, -0.15) is 0 Å². The minimum Gasteiger partial charge on any atom is -0.469 e. The van der Waals surface area contributed by atoms with Crippen molar-refractivity contribution in [2.75, 3.05) is 13.7 Å². The molecule has 0 bridgehead atoms. The molecule has 6 nitrogen and oxygen atoms in total. The van der Waals surface area contributed by atoms with Crippen LogP contribution in [0, 0.1) is 0 Å². The fraction of sp³-hybridized carbons (Fsp3) is 0.400. The average Bonchev–Trinajstić information content (AvgIpc) is 2.34. The van der Waals surface area contributed by atoms with E-state index in [-0.39, 0.29) is 29.1 Å². The van der Waals surface area contributed by atoms with E-state index in [2.05, 4.69) is 20.3 Å². The molecular weight excluding hydrogens is 246 g/mol. The zero-order valence-corrected chi connectivity index (χ0v) is 10.0. The van der Waals surface area contributed by atoms with Crippen molar-refractivity contribution >= 4 is 23.5 Å². The van der Waals surface area contributed by atoms with Crippen LogP contribution in [0.25, 0.3) is 0 Å². The summed E-state index contributed by atoms with van der Waals surface area (Å²) in [5, 5.41) is 10.0. The molecule has 0 aliphatic heterocycles. The molecule has 0 saturated heterocycles. The van der Waals surface area contributed by atoms with Crippen LogP contribution < -0.4 is 5.32 Å². The van der Waals surface area contributed by atoms with Crippen LogP contribution in [0.3, 0.4) is 0 Å². The second-order valence-corrected chi connectivity index (χ2v) is 3.56. The van der Waals surface area contributed by atoms with Crippen LogP contribution in [-0.4, -0.2) is 35.7 Å². The van der Waals surface area contributed by atoms with E-state index in [1.165, 1.54) is 19.2 Å². The quantitative estimate of drug-likeness (QED) is 0.624. The maximum atomic E-state index is 11.5. The number of esters is 1. The molecule has 0 unspecified atom stereocenters. The Morgan fingerprint density at radius 2 is 2.18 bits per heavy atom. The average molecular weight is 258 g/mol. The van der Waals surface area contributed by atoms with E-state index < -0.39 is 0 Å². The summed E-state index contributed by atoms with van der Waals surface area (Å²) in [6.07, 6.45) is 0.780. The molecule has 1 heterocycles. The predicted molar refractivity (Wildman–Crippen MR) is 60.6 cm³/mol. The van der Waals surface area contributed by atoms with Crippen LogP contribution in [0.2, 0.25) is 5.15 Å². The molecule has 0 atom stereocenters. The van der Waals surface area contributed by atoms with Crippen molar-refractivity contribution in [1.82, 2.24) is 15.5 Å². The Morgan fingerprint density at radius 1 is 1.41 bits per heavy atom. The SMILES string of the molecule is COC(=O)CCCNC(=O)c1ccc(Cl)nn1. The minimum atomic E-state index is -0.348. The summed E-state index contributed by atoms with van der Waals surface area (Å²) in [5.74, 6) is -0.649. The van der Waals surface area contributed by atoms with Gasteiger partial charge in [0.15, 0.2) is 10.8 Å². The number of carbonyl (C=O) groups excluding carboxylic acids is 2. The second-order valence-electron chi connectivity index (χ2n) is 3.18. The molecule has 0 aromatic carbocycles. The number of aromatic nitrogens is 2. The highest BCUT2D eigenvalue weighted by Crippen LogP contribution is 2.01. The van der Waals surface area contributed by atoms with E-state index in [0.29, 0.717) is 13.0 Å². The Morgan fingerprint density at radius 3 is 2.76 bits per heavy atom. The molecule has 17 heavy (non-hydrogen) atoms. The normalized spacial score (nSPS) is 9.76. The fourth-order valence-corrected chi connectivity index (χ4v) is 1.17. The van der Waals surface area contributed by atoms with Crippen molar-refractivity contribution < 1.29 is 14.3 Å². The van der Waals surface area contributed by atoms with Gasteiger partial charge in [0, 0.05) is 13.0 Å². The van der Waals surface area contributed by atoms with Crippen LogP contribution >= 0.6 is 11.6 Å². The van der Waals surface area contributed by atoms with E-state index >= 15 is 0 Å². The molecule has 1 aromatic rings. The number of methoxy groups -OCH3 is 1. The van der Waals surface area contributed by atoms with E-state index in [1.807, 2.05) is 0 Å². The summed E-state index contributed by atoms with van der Waals surface area (Å²) in [4.78, 5) is 22.3. The summed E-state index contributed by atoms with van der Waals surface area (Å²) in [5.41, 5.74) is 0.187. The number of nitrogens with zero attached hydrogens (tertiary/aromatic N) is 2. The van der Waals surface area contributed by atoms with Gasteiger partial charge in [-0.05, 0) is 18.6 Å². The van der Waals surface area contributed by atoms with Gasteiger partial charge in [0.1, 0.15) is 0 Å². The van der Waals surface area contributed by atoms with Crippen molar-refractivity contribution in [2.45, 2.75) is 12.8 Å². The van der Waals surface area contributed by atoms with Gasteiger partial charge in [0.25, 0.3) is 5.91 Å². The summed E-state index contributed by atoms with van der Waals surface area (Å²) < 4.78 is 4.47. The van der Waals surface area contributed by atoms with Crippen LogP contribution in [-0.2, 0) is 9.53 Å². The van der Waals surface area contributed by atoms with E-state index in [0.717, 1.165) is 0 Å². The first-order valence-corrected chi connectivity index (χ1v) is 5.35. The summed E-state index contributed by atoms with van der Waals surface area (Å²) in [7, 11) is 1.32. The number of hydrogen-bond donors (Lipinski definition) is 1. The van der Waals surface area contributed by atoms with Crippen LogP contribution in [0.5, 0.6) is 0 Å². The molecule has 92 valence electrons. The van der Waals surface area contributed by atoms with E-state index in [9.17, 15) is 9.59 Å². The predicted octanol–water partition coefficient (Wildman–Crippen LogP) is 0.813. The number of hydrogen-bond acceptors (Lipinski definition) is 5. The van der Waals surface area contributed by atoms with Crippen molar-refractivity contribution in [3.63, 3.8) is 0 Å². The Bertz CT molecular complexity index is 394. The zero-order chi connectivity index (χ0) is 12.7. The van der Waals surface area contributed by atoms with E-state index in [4.69, 9.17) is 11.6 Å². The lowest BCUT2D eigenvalue weighted by Gasteiger charge is -2.03. The van der Waals surface area contributed by atoms with Crippen molar-refractivity contribution in [3.05, 3.63) is 23.0 Å². The topological polar surface area (TPSA) is 81.2 Å². The lowest BCUT2D eigenvalue weighted by Crippen LogP contribution is -2.26. The first kappa shape index (κ1) is 13.4. The molecule has 1 amide bonds. The van der Waals surface area contributed by atoms with Crippen LogP contribution in [0.4, 0.5) is 0 Å². The van der Waals surface area contributed by atoms with Crippen molar-refractivity contribution in [3.8, 4) is 0 Å². The zero-order valence-electron chi connectivity index (χ0n) is 9.27. The van der Waals surface area contributed by atoms with Gasteiger partial charge in [0.2, 0.25) is 0 Å². The number of amides is 1. The maximum absolute atomic E-state index is 11.5. The molecular formula is C10H12ClN3O3. The summed E-state index contributed by atoms with van der Waals surface area (Å²) in [6, 6.07) is 2.96. The Kier molecular flexibility index (Phi) is 5.35. The van der Waals surface area contributed by atoms with Gasteiger partial charge in [-0.1, -0.05) is 11.6 Å². The van der Waals surface area contributed by atoms with Gasteiger partial charge in [-0.15, -0.1) is 10.2 Å². The summed E-state index contributed by atoms with van der Waals surface area (Å²) >= 11 is 5.54. The van der Waals surface area contributed by atoms with Crippen molar-refractivity contribution in [1.29, 1.82) is 0 Å². The first-order chi connectivity index (χ1) is 8.13. The third-order valence-corrected chi connectivity index (χ3v) is 2.14. The number of nitrogens with one attached hydrogen (secondary N) is 1. The van der Waals surface area contributed by atoms with Gasteiger partial charge >= 0.3 is 5.97 Å². The lowest BCUT2D eigenvalue weighted by atomic mass is 10.3. The Balaban J connectivity index is 2.30. The fourth-order valence-electron chi connectivity index (χ4n) is 1.06. The van der Waals surface area contributed by atoms with Gasteiger partial charge in [-0.3, -0.25) is 9.59 Å². The molecule has 0 aliphatic rings. The molecule has 0 saturated carbocycles. The largest absolute Gasteiger partial charge is 0.469 e. The van der Waals surface area contributed by atoms with E-state index in [1.54, 1.807) is 0 Å². The molecule has 1 aromatic heterocycles. The van der Waals surface area contributed by atoms with Crippen molar-refractivity contribution in [2.24, 2.45) is 0 Å². The summed E-state index contributed by atoms with van der Waals surface area (Å²) in [6.45, 7) is 0.373. The van der Waals surface area contributed by atoms with Crippen LogP contribution in [0.1, 0.15) is 23.3 Å². The first-order valence-electron chi connectivity index (χ1n) is 4.97. The molecule has 7 heteroatoms. The monoisotopic (exact) mass is 257 g/mol. The molecule has 1 rings (SSSR count). The highest BCUT2D eigenvalue weighted by molar-refractivity contribution is 6.29. The third kappa shape index (κ3) is 4.78. The third-order valence-electron chi connectivity index (χ3n) is 1.94. The number of rotatable bonds is 5. The number of carbonyl (C=O) groups is 2. The molecule has 0 radical (unpaired) electrons. The molecule has 0 fully saturated rings. The smallest absolute Gasteiger partial charge is 0.305 e. The van der Waals surface area contributed by atoms with Gasteiger partial charge in [0.05, 0.1) is 7.11 Å².